The molecule has 0 saturated carbocycles. The van der Waals surface area contributed by atoms with Crippen molar-refractivity contribution in [3.05, 3.63) is 108 Å². The van der Waals surface area contributed by atoms with Crippen LogP contribution in [0.1, 0.15) is 37.0 Å². The molecule has 3 aromatic rings. The summed E-state index contributed by atoms with van der Waals surface area (Å²) in [6.07, 6.45) is 0.359. The molecule has 0 heterocycles. The van der Waals surface area contributed by atoms with E-state index < -0.39 is 5.60 Å². The van der Waals surface area contributed by atoms with Crippen molar-refractivity contribution in [3.8, 4) is 11.8 Å². The molecule has 0 atom stereocenters. The second-order valence-electron chi connectivity index (χ2n) is 7.61. The summed E-state index contributed by atoms with van der Waals surface area (Å²) >= 11 is 0. The van der Waals surface area contributed by atoms with Gasteiger partial charge in [0, 0.05) is 19.0 Å². The Bertz CT molecular complexity index is 891. The van der Waals surface area contributed by atoms with Crippen molar-refractivity contribution < 1.29 is 5.11 Å². The van der Waals surface area contributed by atoms with E-state index in [0.29, 0.717) is 19.0 Å². The van der Waals surface area contributed by atoms with Gasteiger partial charge in [0.25, 0.3) is 0 Å². The maximum absolute atomic E-state index is 11.5. The van der Waals surface area contributed by atoms with Crippen molar-refractivity contribution >= 4 is 12.4 Å². The van der Waals surface area contributed by atoms with Crippen LogP contribution in [0.2, 0.25) is 0 Å². The van der Waals surface area contributed by atoms with Crippen LogP contribution in [0.5, 0.6) is 0 Å². The summed E-state index contributed by atoms with van der Waals surface area (Å²) in [4.78, 5) is 2.34. The Morgan fingerprint density at radius 2 is 1.23 bits per heavy atom. The Labute approximate surface area is 187 Å². The molecule has 2 nitrogen and oxygen atoms in total. The zero-order valence-corrected chi connectivity index (χ0v) is 18.5. The fourth-order valence-corrected chi connectivity index (χ4v) is 3.39. The minimum absolute atomic E-state index is 0. The van der Waals surface area contributed by atoms with Gasteiger partial charge in [-0.25, -0.2) is 0 Å². The molecular formula is C27H30ClNO. The lowest BCUT2D eigenvalue weighted by atomic mass is 9.84. The Kier molecular flexibility index (Phi) is 9.15. The predicted molar refractivity (Wildman–Crippen MR) is 128 cm³/mol. The van der Waals surface area contributed by atoms with Crippen LogP contribution in [-0.4, -0.2) is 22.6 Å². The normalized spacial score (nSPS) is 11.0. The molecule has 0 aromatic heterocycles. The number of hydrogen-bond acceptors (Lipinski definition) is 2. The third kappa shape index (κ3) is 6.21. The van der Waals surface area contributed by atoms with Crippen molar-refractivity contribution in [1.82, 2.24) is 4.90 Å². The molecule has 3 aromatic carbocycles. The van der Waals surface area contributed by atoms with Gasteiger partial charge in [-0.2, -0.15) is 0 Å². The van der Waals surface area contributed by atoms with Crippen molar-refractivity contribution in [1.29, 1.82) is 0 Å². The third-order valence-electron chi connectivity index (χ3n) is 5.21. The van der Waals surface area contributed by atoms with E-state index in [0.717, 1.165) is 17.7 Å². The number of nitrogens with zero attached hydrogens (tertiary/aromatic N) is 1. The smallest absolute Gasteiger partial charge is 0.125 e. The van der Waals surface area contributed by atoms with Crippen LogP contribution in [0.25, 0.3) is 0 Å². The van der Waals surface area contributed by atoms with Gasteiger partial charge < -0.3 is 5.11 Å². The van der Waals surface area contributed by atoms with Crippen molar-refractivity contribution in [3.63, 3.8) is 0 Å². The van der Waals surface area contributed by atoms with E-state index in [1.807, 2.05) is 66.7 Å². The van der Waals surface area contributed by atoms with Gasteiger partial charge in [-0.05, 0) is 30.5 Å². The molecule has 30 heavy (non-hydrogen) atoms. The summed E-state index contributed by atoms with van der Waals surface area (Å²) in [6, 6.07) is 30.5. The van der Waals surface area contributed by atoms with Crippen LogP contribution < -0.4 is 0 Å². The second kappa shape index (κ2) is 11.6. The number of rotatable bonds is 7. The monoisotopic (exact) mass is 419 g/mol. The molecule has 0 bridgehead atoms. The molecule has 0 saturated heterocycles. The van der Waals surface area contributed by atoms with Crippen LogP contribution in [0.4, 0.5) is 0 Å². The average Bonchev–Trinajstić information content (AvgIpc) is 2.77. The standard InChI is InChI=1S/C27H29NO.ClH/c1-23(2)28(22-24-14-6-3-7-15-24)21-13-12-20-27(29,25-16-8-4-9-17-25)26-18-10-5-11-19-26;/h3-11,14-19,23,29H,20-22H2,1-2H3;1H. The molecule has 1 N–H and O–H groups in total. The molecular weight excluding hydrogens is 390 g/mol. The molecule has 0 fully saturated rings. The molecule has 156 valence electrons. The number of hydrogen-bond donors (Lipinski definition) is 1. The van der Waals surface area contributed by atoms with Gasteiger partial charge in [0.05, 0.1) is 6.54 Å². The topological polar surface area (TPSA) is 23.5 Å². The van der Waals surface area contributed by atoms with E-state index in [9.17, 15) is 5.11 Å². The maximum atomic E-state index is 11.5. The van der Waals surface area contributed by atoms with E-state index >= 15 is 0 Å². The molecule has 0 aliphatic heterocycles. The Morgan fingerprint density at radius 3 is 1.70 bits per heavy atom. The van der Waals surface area contributed by atoms with Gasteiger partial charge in [0.15, 0.2) is 0 Å². The minimum atomic E-state index is -1.11. The van der Waals surface area contributed by atoms with Crippen LogP contribution in [-0.2, 0) is 12.1 Å². The number of halogens is 1. The number of benzene rings is 3. The van der Waals surface area contributed by atoms with Crippen molar-refractivity contribution in [2.45, 2.75) is 38.5 Å². The van der Waals surface area contributed by atoms with E-state index in [2.05, 4.69) is 54.9 Å². The Balaban J connectivity index is 0.00000320. The summed E-state index contributed by atoms with van der Waals surface area (Å²) in [5.74, 6) is 6.55. The highest BCUT2D eigenvalue weighted by Crippen LogP contribution is 2.32. The predicted octanol–water partition coefficient (Wildman–Crippen LogP) is 5.65. The molecule has 0 aliphatic carbocycles. The highest BCUT2D eigenvalue weighted by atomic mass is 35.5. The first kappa shape index (κ1) is 23.7. The quantitative estimate of drug-likeness (QED) is 0.500. The first-order chi connectivity index (χ1) is 14.1. The highest BCUT2D eigenvalue weighted by molar-refractivity contribution is 5.85. The summed E-state index contributed by atoms with van der Waals surface area (Å²) in [6.45, 7) is 5.92. The van der Waals surface area contributed by atoms with E-state index in [4.69, 9.17) is 0 Å². The van der Waals surface area contributed by atoms with Crippen LogP contribution in [0.15, 0.2) is 91.0 Å². The fourth-order valence-electron chi connectivity index (χ4n) is 3.39. The zero-order valence-electron chi connectivity index (χ0n) is 17.7. The lowest BCUT2D eigenvalue weighted by molar-refractivity contribution is 0.0864. The van der Waals surface area contributed by atoms with Crippen molar-refractivity contribution in [2.75, 3.05) is 6.54 Å². The summed E-state index contributed by atoms with van der Waals surface area (Å²) in [5, 5.41) is 11.5. The third-order valence-corrected chi connectivity index (χ3v) is 5.21. The summed E-state index contributed by atoms with van der Waals surface area (Å²) in [7, 11) is 0. The zero-order chi connectivity index (χ0) is 20.5. The van der Waals surface area contributed by atoms with Gasteiger partial charge in [0.1, 0.15) is 5.60 Å². The van der Waals surface area contributed by atoms with E-state index in [-0.39, 0.29) is 12.4 Å². The first-order valence-electron chi connectivity index (χ1n) is 10.2. The van der Waals surface area contributed by atoms with Crippen LogP contribution in [0, 0.1) is 11.8 Å². The summed E-state index contributed by atoms with van der Waals surface area (Å²) in [5.41, 5.74) is 1.90. The van der Waals surface area contributed by atoms with Gasteiger partial charge in [0.2, 0.25) is 0 Å². The molecule has 0 unspecified atom stereocenters. The molecule has 0 spiro atoms. The fraction of sp³-hybridized carbons (Fsp3) is 0.259. The second-order valence-corrected chi connectivity index (χ2v) is 7.61. The Morgan fingerprint density at radius 1 is 0.767 bits per heavy atom. The highest BCUT2D eigenvalue weighted by Gasteiger charge is 2.30. The SMILES string of the molecule is CC(C)N(CC#CCC(O)(c1ccccc1)c1ccccc1)Cc1ccccc1.Cl. The van der Waals surface area contributed by atoms with Gasteiger partial charge >= 0.3 is 0 Å². The molecule has 3 heteroatoms. The lowest BCUT2D eigenvalue weighted by Crippen LogP contribution is -2.31. The molecule has 3 rings (SSSR count). The van der Waals surface area contributed by atoms with Gasteiger partial charge in [-0.15, -0.1) is 12.4 Å². The Hall–Kier alpha value is -2.57. The molecule has 0 radical (unpaired) electrons. The molecule has 0 aliphatic rings. The van der Waals surface area contributed by atoms with Gasteiger partial charge in [-0.1, -0.05) is 103 Å². The van der Waals surface area contributed by atoms with E-state index in [1.54, 1.807) is 0 Å². The number of aliphatic hydroxyl groups is 1. The summed E-state index contributed by atoms with van der Waals surface area (Å²) < 4.78 is 0. The van der Waals surface area contributed by atoms with Crippen molar-refractivity contribution in [2.24, 2.45) is 0 Å². The minimum Gasteiger partial charge on any atom is -0.379 e. The average molecular weight is 420 g/mol. The lowest BCUT2D eigenvalue weighted by Gasteiger charge is -2.27. The first-order valence-corrected chi connectivity index (χ1v) is 10.2. The van der Waals surface area contributed by atoms with Gasteiger partial charge in [-0.3, -0.25) is 4.90 Å². The largest absolute Gasteiger partial charge is 0.379 e. The maximum Gasteiger partial charge on any atom is 0.125 e. The van der Waals surface area contributed by atoms with Crippen LogP contribution in [0.3, 0.4) is 0 Å². The van der Waals surface area contributed by atoms with E-state index in [1.165, 1.54) is 5.56 Å². The molecule has 0 amide bonds. The van der Waals surface area contributed by atoms with Crippen LogP contribution >= 0.6 is 12.4 Å².